The van der Waals surface area contributed by atoms with E-state index in [4.69, 9.17) is 4.74 Å². The molecule has 3 aromatic carbocycles. The van der Waals surface area contributed by atoms with Gasteiger partial charge in [-0.05, 0) is 17.7 Å². The Labute approximate surface area is 146 Å². The molecule has 0 bridgehead atoms. The van der Waals surface area contributed by atoms with E-state index in [1.165, 1.54) is 12.1 Å². The number of nitrogens with zero attached hydrogens (tertiary/aromatic N) is 1. The summed E-state index contributed by atoms with van der Waals surface area (Å²) in [6.07, 6.45) is 0. The lowest BCUT2D eigenvalue weighted by Gasteiger charge is -2.14. The van der Waals surface area contributed by atoms with Crippen LogP contribution in [0.1, 0.15) is 5.56 Å². The number of anilines is 1. The predicted octanol–water partition coefficient (Wildman–Crippen LogP) is 4.88. The molecule has 0 heterocycles. The summed E-state index contributed by atoms with van der Waals surface area (Å²) in [5, 5.41) is 14.4. The van der Waals surface area contributed by atoms with Crippen molar-refractivity contribution in [2.75, 3.05) is 12.4 Å². The number of nitrogens with one attached hydrogen (secondary N) is 1. The highest BCUT2D eigenvalue weighted by Gasteiger charge is 2.12. The Morgan fingerprint density at radius 2 is 1.72 bits per heavy atom. The molecule has 0 aromatic heterocycles. The molecule has 0 aliphatic heterocycles. The zero-order valence-corrected chi connectivity index (χ0v) is 13.8. The molecular weight excluding hydrogens is 316 g/mol. The molecule has 0 unspecified atom stereocenters. The first-order chi connectivity index (χ1) is 12.2. The molecule has 0 aliphatic carbocycles. The second-order valence-electron chi connectivity index (χ2n) is 5.52. The fourth-order valence-electron chi connectivity index (χ4n) is 2.71. The van der Waals surface area contributed by atoms with Crippen LogP contribution in [0.25, 0.3) is 11.1 Å². The quantitative estimate of drug-likeness (QED) is 0.515. The molecule has 0 spiro atoms. The van der Waals surface area contributed by atoms with Crippen LogP contribution in [0.2, 0.25) is 0 Å². The Morgan fingerprint density at radius 3 is 2.44 bits per heavy atom. The van der Waals surface area contributed by atoms with Gasteiger partial charge >= 0.3 is 0 Å². The number of ether oxygens (including phenoxy) is 1. The van der Waals surface area contributed by atoms with E-state index < -0.39 is 4.92 Å². The minimum Gasteiger partial charge on any atom is -0.496 e. The molecule has 25 heavy (non-hydrogen) atoms. The number of benzene rings is 3. The molecule has 3 aromatic rings. The summed E-state index contributed by atoms with van der Waals surface area (Å²) in [6.45, 7) is 0.425. The summed E-state index contributed by atoms with van der Waals surface area (Å²) in [6, 6.07) is 22.7. The monoisotopic (exact) mass is 334 g/mol. The lowest BCUT2D eigenvalue weighted by atomic mass is 10.0. The number of para-hydroxylation sites is 1. The number of methoxy groups -OCH3 is 1. The molecule has 0 atom stereocenters. The molecule has 0 amide bonds. The number of non-ortho nitro benzene ring substituents is 1. The van der Waals surface area contributed by atoms with Gasteiger partial charge < -0.3 is 10.1 Å². The lowest BCUT2D eigenvalue weighted by Crippen LogP contribution is -2.03. The average Bonchev–Trinajstić information content (AvgIpc) is 2.67. The molecule has 0 radical (unpaired) electrons. The van der Waals surface area contributed by atoms with Gasteiger partial charge in [-0.15, -0.1) is 0 Å². The molecule has 3 rings (SSSR count). The number of nitro groups is 1. The van der Waals surface area contributed by atoms with Crippen LogP contribution >= 0.6 is 0 Å². The summed E-state index contributed by atoms with van der Waals surface area (Å²) in [7, 11) is 1.56. The van der Waals surface area contributed by atoms with Crippen molar-refractivity contribution >= 4 is 11.4 Å². The number of hydrogen-bond acceptors (Lipinski definition) is 4. The SMILES string of the molecule is COc1ccc([N+](=O)[O-])cc1CNc1ccccc1-c1ccccc1. The van der Waals surface area contributed by atoms with E-state index in [0.29, 0.717) is 12.3 Å². The first-order valence-corrected chi connectivity index (χ1v) is 7.88. The topological polar surface area (TPSA) is 64.4 Å². The summed E-state index contributed by atoms with van der Waals surface area (Å²) in [4.78, 5) is 10.6. The minimum absolute atomic E-state index is 0.0499. The van der Waals surface area contributed by atoms with Crippen molar-refractivity contribution in [2.45, 2.75) is 6.54 Å². The van der Waals surface area contributed by atoms with Gasteiger partial charge in [0.2, 0.25) is 0 Å². The minimum atomic E-state index is -0.402. The predicted molar refractivity (Wildman–Crippen MR) is 98.9 cm³/mol. The van der Waals surface area contributed by atoms with Crippen molar-refractivity contribution in [3.8, 4) is 16.9 Å². The van der Waals surface area contributed by atoms with Crippen LogP contribution in [-0.4, -0.2) is 12.0 Å². The average molecular weight is 334 g/mol. The second kappa shape index (κ2) is 7.49. The van der Waals surface area contributed by atoms with Crippen molar-refractivity contribution in [3.63, 3.8) is 0 Å². The van der Waals surface area contributed by atoms with E-state index in [1.807, 2.05) is 42.5 Å². The van der Waals surface area contributed by atoms with Crippen LogP contribution in [0.4, 0.5) is 11.4 Å². The van der Waals surface area contributed by atoms with Gasteiger partial charge in [-0.25, -0.2) is 0 Å². The largest absolute Gasteiger partial charge is 0.496 e. The van der Waals surface area contributed by atoms with Crippen molar-refractivity contribution in [1.82, 2.24) is 0 Å². The van der Waals surface area contributed by atoms with E-state index in [1.54, 1.807) is 13.2 Å². The van der Waals surface area contributed by atoms with Crippen molar-refractivity contribution in [2.24, 2.45) is 0 Å². The third kappa shape index (κ3) is 3.77. The van der Waals surface area contributed by atoms with Gasteiger partial charge in [-0.1, -0.05) is 48.5 Å². The van der Waals surface area contributed by atoms with E-state index in [-0.39, 0.29) is 5.69 Å². The van der Waals surface area contributed by atoms with Gasteiger partial charge in [0.15, 0.2) is 0 Å². The molecule has 0 saturated heterocycles. The molecule has 0 fully saturated rings. The first-order valence-electron chi connectivity index (χ1n) is 7.88. The summed E-state index contributed by atoms with van der Waals surface area (Å²) >= 11 is 0. The Balaban J connectivity index is 1.88. The number of rotatable bonds is 6. The summed E-state index contributed by atoms with van der Waals surface area (Å²) < 4.78 is 5.32. The molecule has 0 aliphatic rings. The zero-order valence-electron chi connectivity index (χ0n) is 13.8. The van der Waals surface area contributed by atoms with Crippen LogP contribution in [-0.2, 0) is 6.54 Å². The van der Waals surface area contributed by atoms with Gasteiger partial charge in [0.25, 0.3) is 5.69 Å². The molecule has 5 heteroatoms. The molecule has 126 valence electrons. The maximum Gasteiger partial charge on any atom is 0.270 e. The standard InChI is InChI=1S/C20H18N2O3/c1-25-20-12-11-17(22(23)24)13-16(20)14-21-19-10-6-5-9-18(19)15-7-3-2-4-8-15/h2-13,21H,14H2,1H3. The molecule has 5 nitrogen and oxygen atoms in total. The van der Waals surface area contributed by atoms with Crippen LogP contribution in [0, 0.1) is 10.1 Å². The number of hydrogen-bond donors (Lipinski definition) is 1. The van der Waals surface area contributed by atoms with E-state index in [9.17, 15) is 10.1 Å². The van der Waals surface area contributed by atoms with Crippen LogP contribution in [0.3, 0.4) is 0 Å². The van der Waals surface area contributed by atoms with Gasteiger partial charge in [-0.3, -0.25) is 10.1 Å². The highest BCUT2D eigenvalue weighted by Crippen LogP contribution is 2.29. The molecule has 1 N–H and O–H groups in total. The van der Waals surface area contributed by atoms with Gasteiger partial charge in [0.1, 0.15) is 5.75 Å². The van der Waals surface area contributed by atoms with Crippen LogP contribution in [0.15, 0.2) is 72.8 Å². The Morgan fingerprint density at radius 1 is 1.00 bits per heavy atom. The maximum absolute atomic E-state index is 11.0. The smallest absolute Gasteiger partial charge is 0.270 e. The Bertz CT molecular complexity index is 879. The van der Waals surface area contributed by atoms with E-state index in [2.05, 4.69) is 17.4 Å². The Hall–Kier alpha value is -3.34. The normalized spacial score (nSPS) is 10.3. The van der Waals surface area contributed by atoms with Crippen molar-refractivity contribution in [3.05, 3.63) is 88.5 Å². The third-order valence-electron chi connectivity index (χ3n) is 3.96. The zero-order chi connectivity index (χ0) is 17.6. The first kappa shape index (κ1) is 16.5. The van der Waals surface area contributed by atoms with Crippen molar-refractivity contribution in [1.29, 1.82) is 0 Å². The van der Waals surface area contributed by atoms with Crippen molar-refractivity contribution < 1.29 is 9.66 Å². The number of nitro benzene ring substituents is 1. The fourth-order valence-corrected chi connectivity index (χ4v) is 2.71. The van der Waals surface area contributed by atoms with Gasteiger partial charge in [0.05, 0.1) is 12.0 Å². The van der Waals surface area contributed by atoms with Gasteiger partial charge in [-0.2, -0.15) is 0 Å². The third-order valence-corrected chi connectivity index (χ3v) is 3.96. The maximum atomic E-state index is 11.0. The molecule has 0 saturated carbocycles. The van der Waals surface area contributed by atoms with E-state index >= 15 is 0 Å². The fraction of sp³-hybridized carbons (Fsp3) is 0.100. The van der Waals surface area contributed by atoms with E-state index in [0.717, 1.165) is 22.4 Å². The van der Waals surface area contributed by atoms with Crippen LogP contribution < -0.4 is 10.1 Å². The second-order valence-corrected chi connectivity index (χ2v) is 5.52. The Kier molecular flexibility index (Phi) is 4.95. The summed E-state index contributed by atoms with van der Waals surface area (Å²) in [5.74, 6) is 0.621. The van der Waals surface area contributed by atoms with Crippen LogP contribution in [0.5, 0.6) is 5.75 Å². The van der Waals surface area contributed by atoms with Gasteiger partial charge in [0, 0.05) is 35.5 Å². The highest BCUT2D eigenvalue weighted by molar-refractivity contribution is 5.77. The highest BCUT2D eigenvalue weighted by atomic mass is 16.6. The lowest BCUT2D eigenvalue weighted by molar-refractivity contribution is -0.384. The molecular formula is C20H18N2O3. The summed E-state index contributed by atoms with van der Waals surface area (Å²) in [5.41, 5.74) is 3.93.